The van der Waals surface area contributed by atoms with Gasteiger partial charge >= 0.3 is 0 Å². The van der Waals surface area contributed by atoms with E-state index < -0.39 is 0 Å². The molecule has 1 spiro atoms. The second-order valence-electron chi connectivity index (χ2n) is 9.74. The number of aryl methyl sites for hydroxylation is 1. The maximum absolute atomic E-state index is 5.63. The van der Waals surface area contributed by atoms with Crippen LogP contribution in [-0.2, 0) is 11.2 Å². The third kappa shape index (κ3) is 3.57. The molecule has 0 N–H and O–H groups in total. The van der Waals surface area contributed by atoms with Crippen molar-refractivity contribution in [3.63, 3.8) is 0 Å². The van der Waals surface area contributed by atoms with E-state index in [4.69, 9.17) is 9.72 Å². The lowest BCUT2D eigenvalue weighted by Gasteiger charge is -2.55. The Kier molecular flexibility index (Phi) is 5.29. The average molecular weight is 415 g/mol. The smallest absolute Gasteiger partial charge is 0.140 e. The number of likely N-dealkylation sites (tertiary alicyclic amines) is 1. The molecule has 0 aliphatic carbocycles. The van der Waals surface area contributed by atoms with E-state index >= 15 is 0 Å². The van der Waals surface area contributed by atoms with Gasteiger partial charge in [0.15, 0.2) is 0 Å². The Labute approximate surface area is 178 Å². The highest BCUT2D eigenvalue weighted by molar-refractivity contribution is 7.18. The van der Waals surface area contributed by atoms with Crippen LogP contribution in [0.5, 0.6) is 0 Å². The van der Waals surface area contributed by atoms with Gasteiger partial charge in [0.05, 0.1) is 5.39 Å². The molecule has 3 aliphatic heterocycles. The molecule has 0 amide bonds. The fourth-order valence-electron chi connectivity index (χ4n) is 6.04. The Morgan fingerprint density at radius 1 is 1.21 bits per heavy atom. The van der Waals surface area contributed by atoms with E-state index in [-0.39, 0.29) is 0 Å². The van der Waals surface area contributed by atoms with Gasteiger partial charge in [-0.1, -0.05) is 20.8 Å². The molecule has 158 valence electrons. The molecular formula is C23H34N4OS. The zero-order valence-electron chi connectivity index (χ0n) is 18.1. The Morgan fingerprint density at radius 2 is 2.00 bits per heavy atom. The van der Waals surface area contributed by atoms with Crippen LogP contribution in [0.25, 0.3) is 10.2 Å². The van der Waals surface area contributed by atoms with Crippen molar-refractivity contribution in [3.05, 3.63) is 17.3 Å². The molecule has 6 heteroatoms. The van der Waals surface area contributed by atoms with Crippen molar-refractivity contribution < 1.29 is 4.74 Å². The van der Waals surface area contributed by atoms with E-state index in [1.807, 2.05) is 11.3 Å². The van der Waals surface area contributed by atoms with Gasteiger partial charge in [0.25, 0.3) is 0 Å². The van der Waals surface area contributed by atoms with Crippen molar-refractivity contribution in [2.24, 2.45) is 17.3 Å². The Morgan fingerprint density at radius 3 is 2.72 bits per heavy atom. The summed E-state index contributed by atoms with van der Waals surface area (Å²) in [6.07, 6.45) is 6.58. The van der Waals surface area contributed by atoms with Gasteiger partial charge in [-0.2, -0.15) is 0 Å². The molecule has 0 saturated carbocycles. The van der Waals surface area contributed by atoms with Crippen molar-refractivity contribution in [2.75, 3.05) is 44.3 Å². The van der Waals surface area contributed by atoms with Crippen molar-refractivity contribution in [2.45, 2.75) is 52.5 Å². The molecule has 2 aromatic heterocycles. The van der Waals surface area contributed by atoms with Gasteiger partial charge in [-0.25, -0.2) is 9.97 Å². The molecule has 0 radical (unpaired) electrons. The van der Waals surface area contributed by atoms with E-state index in [2.05, 4.69) is 41.6 Å². The molecule has 1 atom stereocenters. The van der Waals surface area contributed by atoms with Gasteiger partial charge in [-0.05, 0) is 43.6 Å². The van der Waals surface area contributed by atoms with Crippen LogP contribution in [0.2, 0.25) is 0 Å². The minimum Gasteiger partial charge on any atom is -0.381 e. The quantitative estimate of drug-likeness (QED) is 0.733. The molecule has 3 fully saturated rings. The summed E-state index contributed by atoms with van der Waals surface area (Å²) in [5.41, 5.74) is 0.458. The van der Waals surface area contributed by atoms with Gasteiger partial charge in [-0.3, -0.25) is 4.90 Å². The van der Waals surface area contributed by atoms with E-state index in [0.717, 1.165) is 49.3 Å². The van der Waals surface area contributed by atoms with E-state index in [1.54, 1.807) is 6.33 Å². The molecule has 5 heterocycles. The topological polar surface area (TPSA) is 41.5 Å². The number of aromatic nitrogens is 2. The first kappa shape index (κ1) is 19.7. The third-order valence-electron chi connectivity index (χ3n) is 7.38. The highest BCUT2D eigenvalue weighted by Gasteiger charge is 2.51. The van der Waals surface area contributed by atoms with E-state index in [1.165, 1.54) is 42.6 Å². The average Bonchev–Trinajstić information content (AvgIpc) is 3.32. The standard InChI is InChI=1S/C23H34N4OS/c1-4-18-11-19-21(24-15-25-22(19)29-18)26-8-7-23(12-26)13-27(14-23)20(16(2)3)17-5-9-28-10-6-17/h11,15-17,20H,4-10,12-14H2,1-3H3/t20-/m0/s1. The molecule has 0 aromatic carbocycles. The summed E-state index contributed by atoms with van der Waals surface area (Å²) in [6.45, 7) is 13.7. The number of anilines is 1. The van der Waals surface area contributed by atoms with Crippen molar-refractivity contribution in [1.82, 2.24) is 14.9 Å². The molecule has 5 rings (SSSR count). The summed E-state index contributed by atoms with van der Waals surface area (Å²) in [6, 6.07) is 3.03. The number of rotatable bonds is 5. The first-order valence-corrected chi connectivity index (χ1v) is 12.2. The minimum absolute atomic E-state index is 0.458. The van der Waals surface area contributed by atoms with Crippen LogP contribution >= 0.6 is 11.3 Å². The first-order chi connectivity index (χ1) is 14.1. The van der Waals surface area contributed by atoms with E-state index in [0.29, 0.717) is 17.4 Å². The summed E-state index contributed by atoms with van der Waals surface area (Å²) in [5.74, 6) is 2.68. The van der Waals surface area contributed by atoms with Gasteiger partial charge in [0.1, 0.15) is 17.0 Å². The Balaban J connectivity index is 1.29. The minimum atomic E-state index is 0.458. The summed E-state index contributed by atoms with van der Waals surface area (Å²) < 4.78 is 5.63. The number of nitrogens with zero attached hydrogens (tertiary/aromatic N) is 4. The van der Waals surface area contributed by atoms with Crippen LogP contribution in [0.3, 0.4) is 0 Å². The molecule has 29 heavy (non-hydrogen) atoms. The molecular weight excluding hydrogens is 380 g/mol. The van der Waals surface area contributed by atoms with Crippen LogP contribution < -0.4 is 4.90 Å². The number of fused-ring (bicyclic) bond motifs is 1. The van der Waals surface area contributed by atoms with Crippen LogP contribution in [0.4, 0.5) is 5.82 Å². The zero-order valence-corrected chi connectivity index (χ0v) is 18.9. The fourth-order valence-corrected chi connectivity index (χ4v) is 6.97. The lowest BCUT2D eigenvalue weighted by atomic mass is 9.74. The molecule has 2 aromatic rings. The van der Waals surface area contributed by atoms with Gasteiger partial charge in [0.2, 0.25) is 0 Å². The first-order valence-electron chi connectivity index (χ1n) is 11.4. The highest BCUT2D eigenvalue weighted by Crippen LogP contribution is 2.45. The number of hydrogen-bond donors (Lipinski definition) is 0. The van der Waals surface area contributed by atoms with Crippen LogP contribution in [0.15, 0.2) is 12.4 Å². The van der Waals surface area contributed by atoms with Gasteiger partial charge in [0, 0.05) is 55.7 Å². The monoisotopic (exact) mass is 414 g/mol. The molecule has 0 bridgehead atoms. The third-order valence-corrected chi connectivity index (χ3v) is 8.56. The predicted molar refractivity (Wildman–Crippen MR) is 120 cm³/mol. The van der Waals surface area contributed by atoms with Crippen LogP contribution in [0, 0.1) is 17.3 Å². The number of thiophene rings is 1. The normalized spacial score (nSPS) is 23.9. The second kappa shape index (κ2) is 7.78. The van der Waals surface area contributed by atoms with Gasteiger partial charge < -0.3 is 9.64 Å². The Bertz CT molecular complexity index is 854. The molecule has 3 aliphatic rings. The zero-order chi connectivity index (χ0) is 20.0. The van der Waals surface area contributed by atoms with Crippen molar-refractivity contribution in [3.8, 4) is 0 Å². The molecule has 3 saturated heterocycles. The van der Waals surface area contributed by atoms with E-state index in [9.17, 15) is 0 Å². The maximum atomic E-state index is 5.63. The number of hydrogen-bond acceptors (Lipinski definition) is 6. The van der Waals surface area contributed by atoms with Crippen molar-refractivity contribution in [1.29, 1.82) is 0 Å². The SMILES string of the molecule is CCc1cc2c(N3CCC4(C3)CN([C@@H](C(C)C)C3CCOCC3)C4)ncnc2s1. The lowest BCUT2D eigenvalue weighted by molar-refractivity contribution is -0.0703. The highest BCUT2D eigenvalue weighted by atomic mass is 32.1. The summed E-state index contributed by atoms with van der Waals surface area (Å²) >= 11 is 1.82. The second-order valence-corrected chi connectivity index (χ2v) is 10.9. The summed E-state index contributed by atoms with van der Waals surface area (Å²) in [5, 5.41) is 1.25. The predicted octanol–water partition coefficient (Wildman–Crippen LogP) is 4.22. The largest absolute Gasteiger partial charge is 0.381 e. The van der Waals surface area contributed by atoms with Crippen molar-refractivity contribution >= 4 is 27.4 Å². The summed E-state index contributed by atoms with van der Waals surface area (Å²) in [4.78, 5) is 17.1. The van der Waals surface area contributed by atoms with Gasteiger partial charge in [-0.15, -0.1) is 11.3 Å². The molecule has 0 unspecified atom stereocenters. The Hall–Kier alpha value is -1.24. The van der Waals surface area contributed by atoms with Crippen LogP contribution in [-0.4, -0.2) is 60.3 Å². The summed E-state index contributed by atoms with van der Waals surface area (Å²) in [7, 11) is 0. The molecule has 5 nitrogen and oxygen atoms in total. The van der Waals surface area contributed by atoms with Crippen LogP contribution in [0.1, 0.15) is 44.9 Å². The maximum Gasteiger partial charge on any atom is 0.140 e. The lowest BCUT2D eigenvalue weighted by Crippen LogP contribution is -2.63. The number of ether oxygens (including phenoxy) is 1. The fraction of sp³-hybridized carbons (Fsp3) is 0.739.